The first kappa shape index (κ1) is 15.8. The molecule has 7 heteroatoms. The van der Waals surface area contributed by atoms with Crippen LogP contribution in [0.25, 0.3) is 20.9 Å². The number of aryl methyl sites for hydroxylation is 1. The molecular weight excluding hydrogens is 321 g/mol. The Balaban J connectivity index is 1.71. The van der Waals surface area contributed by atoms with Crippen molar-refractivity contribution in [3.8, 4) is 10.7 Å². The molecule has 0 amide bonds. The van der Waals surface area contributed by atoms with Gasteiger partial charge in [0.25, 0.3) is 0 Å². The van der Waals surface area contributed by atoms with Gasteiger partial charge in [0.15, 0.2) is 0 Å². The highest BCUT2D eigenvalue weighted by Gasteiger charge is 2.51. The smallest absolute Gasteiger partial charge is 0.399 e. The van der Waals surface area contributed by atoms with Crippen molar-refractivity contribution in [1.82, 2.24) is 14.8 Å². The van der Waals surface area contributed by atoms with Crippen LogP contribution in [-0.4, -0.2) is 33.1 Å². The molecule has 2 aromatic heterocycles. The van der Waals surface area contributed by atoms with E-state index in [0.29, 0.717) is 0 Å². The van der Waals surface area contributed by atoms with Crippen molar-refractivity contribution >= 4 is 34.1 Å². The molecule has 0 radical (unpaired) electrons. The quantitative estimate of drug-likeness (QED) is 0.673. The molecule has 1 saturated heterocycles. The summed E-state index contributed by atoms with van der Waals surface area (Å²) in [6, 6.07) is 8.20. The fourth-order valence-electron chi connectivity index (χ4n) is 2.76. The highest BCUT2D eigenvalue weighted by molar-refractivity contribution is 7.21. The van der Waals surface area contributed by atoms with E-state index in [1.165, 1.54) is 0 Å². The Morgan fingerprint density at radius 2 is 1.79 bits per heavy atom. The van der Waals surface area contributed by atoms with E-state index in [1.54, 1.807) is 17.5 Å². The molecule has 124 valence electrons. The maximum Gasteiger partial charge on any atom is 0.494 e. The van der Waals surface area contributed by atoms with Crippen molar-refractivity contribution in [2.75, 3.05) is 0 Å². The van der Waals surface area contributed by atoms with Gasteiger partial charge in [-0.3, -0.25) is 4.68 Å². The summed E-state index contributed by atoms with van der Waals surface area (Å²) < 4.78 is 15.3. The van der Waals surface area contributed by atoms with Gasteiger partial charge in [-0.05, 0) is 51.4 Å². The molecule has 3 heterocycles. The largest absolute Gasteiger partial charge is 0.494 e. The number of rotatable bonds is 2. The molecule has 0 unspecified atom stereocenters. The zero-order chi connectivity index (χ0) is 17.1. The summed E-state index contributed by atoms with van der Waals surface area (Å²) in [7, 11) is 1.57. The third-order valence-corrected chi connectivity index (χ3v) is 6.04. The number of fused-ring (bicyclic) bond motifs is 1. The van der Waals surface area contributed by atoms with Crippen LogP contribution in [0.15, 0.2) is 30.5 Å². The topological polar surface area (TPSA) is 49.2 Å². The lowest BCUT2D eigenvalue weighted by Gasteiger charge is -2.32. The van der Waals surface area contributed by atoms with E-state index >= 15 is 0 Å². The third kappa shape index (κ3) is 2.39. The van der Waals surface area contributed by atoms with Gasteiger partial charge in [-0.2, -0.15) is 5.10 Å². The van der Waals surface area contributed by atoms with Crippen LogP contribution in [0.1, 0.15) is 27.7 Å². The van der Waals surface area contributed by atoms with Gasteiger partial charge in [0.1, 0.15) is 5.01 Å². The Labute approximate surface area is 145 Å². The molecule has 3 aromatic rings. The molecular formula is C17H20BN3O2S. The van der Waals surface area contributed by atoms with Crippen molar-refractivity contribution in [3.05, 3.63) is 30.5 Å². The average molecular weight is 341 g/mol. The van der Waals surface area contributed by atoms with Crippen molar-refractivity contribution < 1.29 is 9.31 Å². The maximum absolute atomic E-state index is 6.14. The first-order chi connectivity index (χ1) is 11.3. The molecule has 24 heavy (non-hydrogen) atoms. The van der Waals surface area contributed by atoms with E-state index in [-0.39, 0.29) is 18.3 Å². The number of aromatic nitrogens is 3. The highest BCUT2D eigenvalue weighted by atomic mass is 32.1. The number of thiazole rings is 1. The van der Waals surface area contributed by atoms with Gasteiger partial charge >= 0.3 is 7.12 Å². The standard InChI is InChI=1S/C17H20BN3O2S/c1-16(2)17(3,4)23-18(22-16)11-6-7-14-12(10-11)20-15(24-14)13-8-9-19-21(13)5/h6-10H,1-5H3. The molecule has 1 aliphatic heterocycles. The molecule has 1 aromatic carbocycles. The fraction of sp³-hybridized carbons (Fsp3) is 0.412. The van der Waals surface area contributed by atoms with E-state index in [2.05, 4.69) is 51.0 Å². The van der Waals surface area contributed by atoms with Crippen LogP contribution in [0, 0.1) is 0 Å². The predicted octanol–water partition coefficient (Wildman–Crippen LogP) is 3.00. The Hall–Kier alpha value is -1.70. The van der Waals surface area contributed by atoms with Crippen LogP contribution in [0.3, 0.4) is 0 Å². The second-order valence-corrected chi connectivity index (χ2v) is 8.21. The fourth-order valence-corrected chi connectivity index (χ4v) is 3.77. The molecule has 0 bridgehead atoms. The molecule has 0 spiro atoms. The van der Waals surface area contributed by atoms with Gasteiger partial charge in [0.2, 0.25) is 0 Å². The minimum atomic E-state index is -0.360. The van der Waals surface area contributed by atoms with Gasteiger partial charge in [0, 0.05) is 13.2 Å². The molecule has 0 atom stereocenters. The SMILES string of the molecule is Cn1nccc1-c1nc2cc(B3OC(C)(C)C(C)(C)O3)ccc2s1. The van der Waals surface area contributed by atoms with E-state index in [9.17, 15) is 0 Å². The van der Waals surface area contributed by atoms with Crippen molar-refractivity contribution in [2.45, 2.75) is 38.9 Å². The number of hydrogen-bond acceptors (Lipinski definition) is 5. The highest BCUT2D eigenvalue weighted by Crippen LogP contribution is 2.37. The van der Waals surface area contributed by atoms with Crippen LogP contribution in [-0.2, 0) is 16.4 Å². The summed E-state index contributed by atoms with van der Waals surface area (Å²) in [4.78, 5) is 4.77. The van der Waals surface area contributed by atoms with Crippen LogP contribution in [0.5, 0.6) is 0 Å². The van der Waals surface area contributed by atoms with Crippen molar-refractivity contribution in [1.29, 1.82) is 0 Å². The number of benzene rings is 1. The first-order valence-electron chi connectivity index (χ1n) is 8.01. The minimum absolute atomic E-state index is 0.339. The Kier molecular flexibility index (Phi) is 3.39. The average Bonchev–Trinajstić information content (AvgIpc) is 3.14. The normalized spacial score (nSPS) is 19.3. The summed E-state index contributed by atoms with van der Waals surface area (Å²) in [6.07, 6.45) is 1.79. The van der Waals surface area contributed by atoms with Gasteiger partial charge < -0.3 is 9.31 Å². The second-order valence-electron chi connectivity index (χ2n) is 7.17. The second kappa shape index (κ2) is 5.15. The molecule has 4 rings (SSSR count). The molecule has 1 aliphatic rings. The van der Waals surface area contributed by atoms with Crippen LogP contribution < -0.4 is 5.46 Å². The Morgan fingerprint density at radius 1 is 1.08 bits per heavy atom. The molecule has 5 nitrogen and oxygen atoms in total. The first-order valence-corrected chi connectivity index (χ1v) is 8.83. The molecule has 0 N–H and O–H groups in total. The van der Waals surface area contributed by atoms with Crippen LogP contribution >= 0.6 is 11.3 Å². The van der Waals surface area contributed by atoms with Crippen LogP contribution in [0.2, 0.25) is 0 Å². The lowest BCUT2D eigenvalue weighted by molar-refractivity contribution is 0.00578. The van der Waals surface area contributed by atoms with Gasteiger partial charge in [-0.1, -0.05) is 6.07 Å². The summed E-state index contributed by atoms with van der Waals surface area (Å²) in [5.41, 5.74) is 2.31. The molecule has 0 saturated carbocycles. The Bertz CT molecular complexity index is 900. The van der Waals surface area contributed by atoms with Gasteiger partial charge in [-0.15, -0.1) is 11.3 Å². The van der Waals surface area contributed by atoms with Crippen molar-refractivity contribution in [2.24, 2.45) is 7.05 Å². The van der Waals surface area contributed by atoms with E-state index in [1.807, 2.05) is 17.8 Å². The van der Waals surface area contributed by atoms with E-state index in [4.69, 9.17) is 14.3 Å². The molecule has 0 aliphatic carbocycles. The summed E-state index contributed by atoms with van der Waals surface area (Å²) in [5.74, 6) is 0. The number of nitrogens with zero attached hydrogens (tertiary/aromatic N) is 3. The van der Waals surface area contributed by atoms with Gasteiger partial charge in [0.05, 0.1) is 27.1 Å². The predicted molar refractivity (Wildman–Crippen MR) is 97.5 cm³/mol. The van der Waals surface area contributed by atoms with Gasteiger partial charge in [-0.25, -0.2) is 4.98 Å². The summed E-state index contributed by atoms with van der Waals surface area (Å²) >= 11 is 1.67. The zero-order valence-corrected chi connectivity index (χ0v) is 15.3. The lowest BCUT2D eigenvalue weighted by atomic mass is 9.79. The van der Waals surface area contributed by atoms with Crippen molar-refractivity contribution in [3.63, 3.8) is 0 Å². The Morgan fingerprint density at radius 3 is 2.42 bits per heavy atom. The van der Waals surface area contributed by atoms with Crippen LogP contribution in [0.4, 0.5) is 0 Å². The zero-order valence-electron chi connectivity index (χ0n) is 14.5. The number of hydrogen-bond donors (Lipinski definition) is 0. The summed E-state index contributed by atoms with van der Waals surface area (Å²) in [6.45, 7) is 8.26. The van der Waals surface area contributed by atoms with E-state index < -0.39 is 0 Å². The monoisotopic (exact) mass is 341 g/mol. The summed E-state index contributed by atoms with van der Waals surface area (Å²) in [5, 5.41) is 5.19. The maximum atomic E-state index is 6.14. The molecule has 1 fully saturated rings. The lowest BCUT2D eigenvalue weighted by Crippen LogP contribution is -2.41. The third-order valence-electron chi connectivity index (χ3n) is 4.98. The minimum Gasteiger partial charge on any atom is -0.399 e. The van der Waals surface area contributed by atoms with E-state index in [0.717, 1.165) is 26.4 Å².